The molecule has 19 heavy (non-hydrogen) atoms. The van der Waals surface area contributed by atoms with Crippen LogP contribution >= 0.6 is 0 Å². The molecule has 1 rings (SSSR count). The van der Waals surface area contributed by atoms with Crippen molar-refractivity contribution in [3.05, 3.63) is 23.8 Å². The summed E-state index contributed by atoms with van der Waals surface area (Å²) < 4.78 is 10.5. The highest BCUT2D eigenvalue weighted by Crippen LogP contribution is 2.24. The molecule has 0 aliphatic carbocycles. The molecule has 1 aromatic rings. The van der Waals surface area contributed by atoms with Gasteiger partial charge in [-0.25, -0.2) is 0 Å². The summed E-state index contributed by atoms with van der Waals surface area (Å²) in [5.74, 6) is 0.956. The number of aliphatic hydroxyl groups excluding tert-OH is 1. The zero-order chi connectivity index (χ0) is 14.3. The lowest BCUT2D eigenvalue weighted by molar-refractivity contribution is -0.123. The normalized spacial score (nSPS) is 11.8. The molecule has 0 aliphatic rings. The quantitative estimate of drug-likeness (QED) is 0.785. The standard InChI is InChI=1S/C14H21NO4/c1-4-10(2)15-14(17)9-19-13-6-5-12(18-3)7-11(13)8-16/h5-7,10,16H,4,8-9H2,1-3H3,(H,15,17). The van der Waals surface area contributed by atoms with Crippen LogP contribution in [0.1, 0.15) is 25.8 Å². The fraction of sp³-hybridized carbons (Fsp3) is 0.500. The minimum absolute atomic E-state index is 0.0658. The summed E-state index contributed by atoms with van der Waals surface area (Å²) in [6, 6.07) is 5.22. The molecule has 0 aromatic heterocycles. The van der Waals surface area contributed by atoms with E-state index in [9.17, 15) is 9.90 Å². The molecule has 0 heterocycles. The van der Waals surface area contributed by atoms with Gasteiger partial charge in [-0.2, -0.15) is 0 Å². The number of amides is 1. The monoisotopic (exact) mass is 267 g/mol. The Hall–Kier alpha value is -1.75. The average Bonchev–Trinajstić information content (AvgIpc) is 2.44. The lowest BCUT2D eigenvalue weighted by atomic mass is 10.2. The number of hydrogen-bond acceptors (Lipinski definition) is 4. The van der Waals surface area contributed by atoms with Gasteiger partial charge in [-0.3, -0.25) is 4.79 Å². The molecule has 0 aliphatic heterocycles. The van der Waals surface area contributed by atoms with Crippen molar-refractivity contribution in [2.24, 2.45) is 0 Å². The van der Waals surface area contributed by atoms with E-state index in [-0.39, 0.29) is 25.2 Å². The zero-order valence-electron chi connectivity index (χ0n) is 11.6. The Bertz CT molecular complexity index is 420. The minimum atomic E-state index is -0.172. The van der Waals surface area contributed by atoms with E-state index in [1.807, 2.05) is 13.8 Å². The number of rotatable bonds is 7. The number of aliphatic hydroxyl groups is 1. The van der Waals surface area contributed by atoms with Crippen LogP contribution in [0.4, 0.5) is 0 Å². The van der Waals surface area contributed by atoms with Crippen LogP contribution in [0.5, 0.6) is 11.5 Å². The second kappa shape index (κ2) is 7.63. The summed E-state index contributed by atoms with van der Waals surface area (Å²) in [5, 5.41) is 12.1. The van der Waals surface area contributed by atoms with E-state index in [2.05, 4.69) is 5.32 Å². The van der Waals surface area contributed by atoms with Gasteiger partial charge in [0, 0.05) is 11.6 Å². The molecule has 2 N–H and O–H groups in total. The summed E-state index contributed by atoms with van der Waals surface area (Å²) in [4.78, 5) is 11.6. The van der Waals surface area contributed by atoms with E-state index in [0.29, 0.717) is 17.1 Å². The number of carbonyl (C=O) groups excluding carboxylic acids is 1. The van der Waals surface area contributed by atoms with Crippen LogP contribution in [0.15, 0.2) is 18.2 Å². The summed E-state index contributed by atoms with van der Waals surface area (Å²) in [6.45, 7) is 3.70. The molecule has 5 heteroatoms. The Morgan fingerprint density at radius 2 is 2.21 bits per heavy atom. The lowest BCUT2D eigenvalue weighted by Crippen LogP contribution is -2.35. The third kappa shape index (κ3) is 4.79. The van der Waals surface area contributed by atoms with E-state index in [1.165, 1.54) is 0 Å². The summed E-state index contributed by atoms with van der Waals surface area (Å²) in [6.07, 6.45) is 0.871. The van der Waals surface area contributed by atoms with Crippen molar-refractivity contribution in [1.82, 2.24) is 5.32 Å². The van der Waals surface area contributed by atoms with Crippen molar-refractivity contribution in [3.63, 3.8) is 0 Å². The maximum absolute atomic E-state index is 11.6. The van der Waals surface area contributed by atoms with Crippen molar-refractivity contribution in [2.75, 3.05) is 13.7 Å². The van der Waals surface area contributed by atoms with Crippen LogP contribution in [0, 0.1) is 0 Å². The van der Waals surface area contributed by atoms with Crippen molar-refractivity contribution >= 4 is 5.91 Å². The van der Waals surface area contributed by atoms with E-state index in [1.54, 1.807) is 25.3 Å². The van der Waals surface area contributed by atoms with Crippen molar-refractivity contribution in [1.29, 1.82) is 0 Å². The fourth-order valence-electron chi connectivity index (χ4n) is 1.51. The maximum atomic E-state index is 11.6. The predicted octanol–water partition coefficient (Wildman–Crippen LogP) is 1.48. The predicted molar refractivity (Wildman–Crippen MR) is 72.3 cm³/mol. The molecule has 0 saturated heterocycles. The van der Waals surface area contributed by atoms with Gasteiger partial charge in [-0.05, 0) is 31.5 Å². The molecule has 106 valence electrons. The highest BCUT2D eigenvalue weighted by atomic mass is 16.5. The smallest absolute Gasteiger partial charge is 0.258 e. The van der Waals surface area contributed by atoms with Gasteiger partial charge in [0.2, 0.25) is 0 Å². The molecule has 0 bridgehead atoms. The largest absolute Gasteiger partial charge is 0.497 e. The minimum Gasteiger partial charge on any atom is -0.497 e. The van der Waals surface area contributed by atoms with Gasteiger partial charge >= 0.3 is 0 Å². The number of nitrogens with one attached hydrogen (secondary N) is 1. The molecule has 0 radical (unpaired) electrons. The van der Waals surface area contributed by atoms with Gasteiger partial charge in [-0.1, -0.05) is 6.92 Å². The highest BCUT2D eigenvalue weighted by Gasteiger charge is 2.09. The molecule has 1 amide bonds. The third-order valence-electron chi connectivity index (χ3n) is 2.82. The van der Waals surface area contributed by atoms with Crippen LogP contribution in [-0.4, -0.2) is 30.8 Å². The fourth-order valence-corrected chi connectivity index (χ4v) is 1.51. The van der Waals surface area contributed by atoms with E-state index < -0.39 is 0 Å². The van der Waals surface area contributed by atoms with Crippen LogP contribution in [0.2, 0.25) is 0 Å². The molecule has 0 spiro atoms. The van der Waals surface area contributed by atoms with Crippen LogP contribution < -0.4 is 14.8 Å². The van der Waals surface area contributed by atoms with Gasteiger partial charge in [0.05, 0.1) is 13.7 Å². The van der Waals surface area contributed by atoms with Gasteiger partial charge in [-0.15, -0.1) is 0 Å². The summed E-state index contributed by atoms with van der Waals surface area (Å²) in [7, 11) is 1.55. The van der Waals surface area contributed by atoms with Gasteiger partial charge < -0.3 is 19.9 Å². The van der Waals surface area contributed by atoms with Crippen LogP contribution in [-0.2, 0) is 11.4 Å². The summed E-state index contributed by atoms with van der Waals surface area (Å²) >= 11 is 0. The molecular formula is C14H21NO4. The number of ether oxygens (including phenoxy) is 2. The van der Waals surface area contributed by atoms with Crippen molar-refractivity contribution in [2.45, 2.75) is 32.9 Å². The molecule has 1 atom stereocenters. The number of hydrogen-bond donors (Lipinski definition) is 2. The first kappa shape index (κ1) is 15.3. The second-order valence-electron chi connectivity index (χ2n) is 4.30. The topological polar surface area (TPSA) is 67.8 Å². The highest BCUT2D eigenvalue weighted by molar-refractivity contribution is 5.77. The Morgan fingerprint density at radius 3 is 2.79 bits per heavy atom. The Labute approximate surface area is 113 Å². The van der Waals surface area contributed by atoms with Crippen LogP contribution in [0.25, 0.3) is 0 Å². The first-order valence-corrected chi connectivity index (χ1v) is 6.30. The SMILES string of the molecule is CCC(C)NC(=O)COc1ccc(OC)cc1CO. The van der Waals surface area contributed by atoms with Gasteiger partial charge in [0.1, 0.15) is 11.5 Å². The average molecular weight is 267 g/mol. The van der Waals surface area contributed by atoms with Crippen molar-refractivity contribution < 1.29 is 19.4 Å². The number of methoxy groups -OCH3 is 1. The number of carbonyl (C=O) groups is 1. The number of benzene rings is 1. The third-order valence-corrected chi connectivity index (χ3v) is 2.82. The summed E-state index contributed by atoms with van der Waals surface area (Å²) in [5.41, 5.74) is 0.593. The Balaban J connectivity index is 2.59. The first-order chi connectivity index (χ1) is 9.10. The Kier molecular flexibility index (Phi) is 6.15. The van der Waals surface area contributed by atoms with Gasteiger partial charge in [0.25, 0.3) is 5.91 Å². The molecule has 1 aromatic carbocycles. The Morgan fingerprint density at radius 1 is 1.47 bits per heavy atom. The molecular weight excluding hydrogens is 246 g/mol. The first-order valence-electron chi connectivity index (χ1n) is 6.30. The zero-order valence-corrected chi connectivity index (χ0v) is 11.6. The maximum Gasteiger partial charge on any atom is 0.258 e. The van der Waals surface area contributed by atoms with E-state index in [0.717, 1.165) is 6.42 Å². The van der Waals surface area contributed by atoms with Crippen LogP contribution in [0.3, 0.4) is 0 Å². The molecule has 0 saturated carbocycles. The molecule has 5 nitrogen and oxygen atoms in total. The van der Waals surface area contributed by atoms with Crippen molar-refractivity contribution in [3.8, 4) is 11.5 Å². The van der Waals surface area contributed by atoms with E-state index >= 15 is 0 Å². The lowest BCUT2D eigenvalue weighted by Gasteiger charge is -2.14. The van der Waals surface area contributed by atoms with E-state index in [4.69, 9.17) is 9.47 Å². The second-order valence-corrected chi connectivity index (χ2v) is 4.30. The molecule has 1 unspecified atom stereocenters. The van der Waals surface area contributed by atoms with Gasteiger partial charge in [0.15, 0.2) is 6.61 Å². The molecule has 0 fully saturated rings.